The van der Waals surface area contributed by atoms with Crippen molar-refractivity contribution in [2.24, 2.45) is 0 Å². The first-order chi connectivity index (χ1) is 9.10. The molecule has 6 heteroatoms. The standard InChI is InChI=1S/C13H12BrClN2O2/c1-2-3-9(18)7-12-16-13(17-19-12)8-4-5-11(15)10(14)6-8/h4-6H,2-3,7H2,1H3. The molecular formula is C13H12BrClN2O2. The summed E-state index contributed by atoms with van der Waals surface area (Å²) in [6.45, 7) is 1.96. The molecule has 2 rings (SSSR count). The number of benzene rings is 1. The van der Waals surface area contributed by atoms with Crippen LogP contribution in [-0.4, -0.2) is 15.9 Å². The van der Waals surface area contributed by atoms with E-state index in [4.69, 9.17) is 16.1 Å². The van der Waals surface area contributed by atoms with E-state index in [1.165, 1.54) is 0 Å². The quantitative estimate of drug-likeness (QED) is 0.821. The predicted octanol–water partition coefficient (Wildman–Crippen LogP) is 4.06. The van der Waals surface area contributed by atoms with Crippen molar-refractivity contribution in [2.45, 2.75) is 26.2 Å². The Labute approximate surface area is 124 Å². The summed E-state index contributed by atoms with van der Waals surface area (Å²) in [6.07, 6.45) is 1.55. The van der Waals surface area contributed by atoms with Crippen molar-refractivity contribution < 1.29 is 9.32 Å². The Balaban J connectivity index is 2.16. The van der Waals surface area contributed by atoms with Gasteiger partial charge in [0.25, 0.3) is 0 Å². The van der Waals surface area contributed by atoms with Crippen molar-refractivity contribution in [1.29, 1.82) is 0 Å². The first kappa shape index (κ1) is 14.2. The molecule has 0 N–H and O–H groups in total. The smallest absolute Gasteiger partial charge is 0.234 e. The summed E-state index contributed by atoms with van der Waals surface area (Å²) in [4.78, 5) is 15.7. The number of carbonyl (C=O) groups excluding carboxylic acids is 1. The number of Topliss-reactive ketones (excluding diaryl/α,β-unsaturated/α-hetero) is 1. The van der Waals surface area contributed by atoms with Crippen molar-refractivity contribution in [3.8, 4) is 11.4 Å². The van der Waals surface area contributed by atoms with E-state index >= 15 is 0 Å². The van der Waals surface area contributed by atoms with E-state index < -0.39 is 0 Å². The minimum absolute atomic E-state index is 0.106. The van der Waals surface area contributed by atoms with Crippen LogP contribution in [0.2, 0.25) is 5.02 Å². The number of halogens is 2. The molecule has 4 nitrogen and oxygen atoms in total. The molecule has 0 aliphatic carbocycles. The Kier molecular flexibility index (Phi) is 4.71. The molecule has 0 atom stereocenters. The second-order valence-electron chi connectivity index (χ2n) is 4.11. The maximum Gasteiger partial charge on any atom is 0.234 e. The summed E-state index contributed by atoms with van der Waals surface area (Å²) in [7, 11) is 0. The minimum Gasteiger partial charge on any atom is -0.339 e. The maximum absolute atomic E-state index is 11.5. The Morgan fingerprint density at radius 2 is 2.26 bits per heavy atom. The molecule has 0 radical (unpaired) electrons. The van der Waals surface area contributed by atoms with E-state index in [-0.39, 0.29) is 12.2 Å². The molecule has 0 bridgehead atoms. The Hall–Kier alpha value is -1.20. The van der Waals surface area contributed by atoms with E-state index in [1.54, 1.807) is 12.1 Å². The molecule has 0 fully saturated rings. The molecule has 0 aliphatic heterocycles. The van der Waals surface area contributed by atoms with Crippen LogP contribution in [-0.2, 0) is 11.2 Å². The van der Waals surface area contributed by atoms with Crippen molar-refractivity contribution >= 4 is 33.3 Å². The fourth-order valence-corrected chi connectivity index (χ4v) is 2.11. The van der Waals surface area contributed by atoms with Crippen molar-refractivity contribution in [1.82, 2.24) is 10.1 Å². The van der Waals surface area contributed by atoms with E-state index in [0.29, 0.717) is 23.2 Å². The lowest BCUT2D eigenvalue weighted by Crippen LogP contribution is -2.01. The van der Waals surface area contributed by atoms with Crippen LogP contribution in [0.1, 0.15) is 25.7 Å². The largest absolute Gasteiger partial charge is 0.339 e. The van der Waals surface area contributed by atoms with Crippen LogP contribution in [0.15, 0.2) is 27.2 Å². The summed E-state index contributed by atoms with van der Waals surface area (Å²) in [5.74, 6) is 0.908. The minimum atomic E-state index is 0.106. The van der Waals surface area contributed by atoms with Crippen LogP contribution < -0.4 is 0 Å². The van der Waals surface area contributed by atoms with Crippen LogP contribution in [0.4, 0.5) is 0 Å². The number of nitrogens with zero attached hydrogens (tertiary/aromatic N) is 2. The second-order valence-corrected chi connectivity index (χ2v) is 5.37. The van der Waals surface area contributed by atoms with E-state index in [0.717, 1.165) is 16.5 Å². The molecule has 19 heavy (non-hydrogen) atoms. The molecule has 0 amide bonds. The summed E-state index contributed by atoms with van der Waals surface area (Å²) in [5.41, 5.74) is 0.786. The van der Waals surface area contributed by atoms with E-state index in [9.17, 15) is 4.79 Å². The third-order valence-electron chi connectivity index (χ3n) is 2.52. The molecule has 0 aliphatic rings. The molecule has 0 saturated carbocycles. The van der Waals surface area contributed by atoms with Gasteiger partial charge < -0.3 is 4.52 Å². The van der Waals surface area contributed by atoms with Crippen molar-refractivity contribution in [2.75, 3.05) is 0 Å². The highest BCUT2D eigenvalue weighted by Gasteiger charge is 2.12. The molecule has 1 heterocycles. The molecule has 0 spiro atoms. The third-order valence-corrected chi connectivity index (χ3v) is 3.74. The van der Waals surface area contributed by atoms with Crippen molar-refractivity contribution in [3.05, 3.63) is 33.6 Å². The van der Waals surface area contributed by atoms with E-state index in [1.807, 2.05) is 13.0 Å². The van der Waals surface area contributed by atoms with Gasteiger partial charge in [-0.15, -0.1) is 0 Å². The molecule has 1 aromatic carbocycles. The Morgan fingerprint density at radius 1 is 1.47 bits per heavy atom. The molecule has 0 unspecified atom stereocenters. The predicted molar refractivity (Wildman–Crippen MR) is 76.1 cm³/mol. The van der Waals surface area contributed by atoms with Crippen LogP contribution in [0.5, 0.6) is 0 Å². The third kappa shape index (κ3) is 3.64. The number of rotatable bonds is 5. The molecule has 1 aromatic heterocycles. The lowest BCUT2D eigenvalue weighted by molar-refractivity contribution is -0.118. The first-order valence-electron chi connectivity index (χ1n) is 5.90. The Morgan fingerprint density at radius 3 is 2.95 bits per heavy atom. The fraction of sp³-hybridized carbons (Fsp3) is 0.308. The molecule has 2 aromatic rings. The van der Waals surface area contributed by atoms with Gasteiger partial charge in [0.15, 0.2) is 0 Å². The highest BCUT2D eigenvalue weighted by molar-refractivity contribution is 9.10. The second kappa shape index (κ2) is 6.30. The van der Waals surface area contributed by atoms with Gasteiger partial charge in [-0.3, -0.25) is 4.79 Å². The number of ketones is 1. The van der Waals surface area contributed by atoms with E-state index in [2.05, 4.69) is 26.1 Å². The summed E-state index contributed by atoms with van der Waals surface area (Å²) < 4.78 is 5.84. The number of hydrogen-bond donors (Lipinski definition) is 0. The van der Waals surface area contributed by atoms with Crippen LogP contribution in [0.25, 0.3) is 11.4 Å². The van der Waals surface area contributed by atoms with Gasteiger partial charge in [0.05, 0.1) is 11.4 Å². The normalized spacial score (nSPS) is 10.7. The average molecular weight is 344 g/mol. The van der Waals surface area contributed by atoms with Crippen LogP contribution in [0, 0.1) is 0 Å². The Bertz CT molecular complexity index is 598. The monoisotopic (exact) mass is 342 g/mol. The lowest BCUT2D eigenvalue weighted by atomic mass is 10.2. The van der Waals surface area contributed by atoms with Gasteiger partial charge >= 0.3 is 0 Å². The number of hydrogen-bond acceptors (Lipinski definition) is 4. The van der Waals surface area contributed by atoms with Gasteiger partial charge in [0, 0.05) is 16.5 Å². The van der Waals surface area contributed by atoms with Crippen molar-refractivity contribution in [3.63, 3.8) is 0 Å². The number of carbonyl (C=O) groups is 1. The summed E-state index contributed by atoms with van der Waals surface area (Å²) >= 11 is 9.26. The highest BCUT2D eigenvalue weighted by Crippen LogP contribution is 2.27. The molecule has 100 valence electrons. The first-order valence-corrected chi connectivity index (χ1v) is 7.07. The average Bonchev–Trinajstić information content (AvgIpc) is 2.81. The SMILES string of the molecule is CCCC(=O)Cc1nc(-c2ccc(Cl)c(Br)c2)no1. The molecular weight excluding hydrogens is 332 g/mol. The number of aromatic nitrogens is 2. The summed E-state index contributed by atoms with van der Waals surface area (Å²) in [5, 5.41) is 4.48. The lowest BCUT2D eigenvalue weighted by Gasteiger charge is -1.97. The zero-order valence-corrected chi connectivity index (χ0v) is 12.7. The van der Waals surface area contributed by atoms with Crippen LogP contribution >= 0.6 is 27.5 Å². The van der Waals surface area contributed by atoms with Gasteiger partial charge in [-0.2, -0.15) is 4.98 Å². The van der Waals surface area contributed by atoms with Gasteiger partial charge in [-0.25, -0.2) is 0 Å². The highest BCUT2D eigenvalue weighted by atomic mass is 79.9. The van der Waals surface area contributed by atoms with Gasteiger partial charge in [-0.1, -0.05) is 23.7 Å². The zero-order chi connectivity index (χ0) is 13.8. The van der Waals surface area contributed by atoms with Gasteiger partial charge in [-0.05, 0) is 40.5 Å². The zero-order valence-electron chi connectivity index (χ0n) is 10.3. The van der Waals surface area contributed by atoms with Gasteiger partial charge in [0.1, 0.15) is 5.78 Å². The topological polar surface area (TPSA) is 56.0 Å². The maximum atomic E-state index is 11.5. The van der Waals surface area contributed by atoms with Crippen LogP contribution in [0.3, 0.4) is 0 Å². The molecule has 0 saturated heterocycles. The summed E-state index contributed by atoms with van der Waals surface area (Å²) in [6, 6.07) is 5.36. The fourth-order valence-electron chi connectivity index (χ4n) is 1.62. The van der Waals surface area contributed by atoms with Gasteiger partial charge in [0.2, 0.25) is 11.7 Å².